The molecule has 0 radical (unpaired) electrons. The normalized spacial score (nSPS) is 11.3. The van der Waals surface area contributed by atoms with Crippen LogP contribution in [0.4, 0.5) is 4.39 Å². The maximum atomic E-state index is 14.6. The Bertz CT molecular complexity index is 1410. The second kappa shape index (κ2) is 7.07. The number of aromatic nitrogens is 4. The summed E-state index contributed by atoms with van der Waals surface area (Å²) >= 11 is 0. The standard InChI is InChI=1S/C22H16FN5O2/c1-13-2-5-18-19(8-13)30-21(27-18)14-3-4-15(17(23)9-14)10-25-20(29)16-11-26-22-24-6-7-28(22)12-16/h2-9,11-12H,10H2,1H3,(H,25,29). The van der Waals surface area contributed by atoms with E-state index in [1.807, 2.05) is 25.1 Å². The molecule has 2 aromatic carbocycles. The van der Waals surface area contributed by atoms with Gasteiger partial charge in [-0.1, -0.05) is 12.1 Å². The van der Waals surface area contributed by atoms with Gasteiger partial charge in [0.05, 0.1) is 5.56 Å². The first-order valence-electron chi connectivity index (χ1n) is 9.30. The first-order valence-corrected chi connectivity index (χ1v) is 9.30. The molecule has 1 amide bonds. The molecule has 0 aliphatic carbocycles. The number of fused-ring (bicyclic) bond motifs is 2. The fraction of sp³-hybridized carbons (Fsp3) is 0.0909. The molecule has 1 N–H and O–H groups in total. The van der Waals surface area contributed by atoms with Crippen molar-refractivity contribution in [3.63, 3.8) is 0 Å². The van der Waals surface area contributed by atoms with Crippen molar-refractivity contribution in [2.75, 3.05) is 0 Å². The van der Waals surface area contributed by atoms with Crippen LogP contribution in [0.2, 0.25) is 0 Å². The third-order valence-corrected chi connectivity index (χ3v) is 4.79. The number of halogens is 1. The molecule has 30 heavy (non-hydrogen) atoms. The lowest BCUT2D eigenvalue weighted by Gasteiger charge is -2.07. The highest BCUT2D eigenvalue weighted by atomic mass is 19.1. The molecule has 7 nitrogen and oxygen atoms in total. The predicted octanol–water partition coefficient (Wildman–Crippen LogP) is 3.92. The molecule has 0 spiro atoms. The second-order valence-electron chi connectivity index (χ2n) is 6.96. The minimum absolute atomic E-state index is 0.0413. The van der Waals surface area contributed by atoms with Gasteiger partial charge >= 0.3 is 0 Å². The third-order valence-electron chi connectivity index (χ3n) is 4.79. The number of benzene rings is 2. The highest BCUT2D eigenvalue weighted by Crippen LogP contribution is 2.26. The zero-order chi connectivity index (χ0) is 20.7. The summed E-state index contributed by atoms with van der Waals surface area (Å²) < 4.78 is 22.0. The lowest BCUT2D eigenvalue weighted by Crippen LogP contribution is -2.23. The summed E-state index contributed by atoms with van der Waals surface area (Å²) in [5, 5.41) is 2.71. The van der Waals surface area contributed by atoms with E-state index in [4.69, 9.17) is 4.42 Å². The van der Waals surface area contributed by atoms with E-state index >= 15 is 0 Å². The second-order valence-corrected chi connectivity index (χ2v) is 6.96. The summed E-state index contributed by atoms with van der Waals surface area (Å²) in [6.45, 7) is 2.01. The van der Waals surface area contributed by atoms with Gasteiger partial charge in [0.15, 0.2) is 5.58 Å². The van der Waals surface area contributed by atoms with Gasteiger partial charge in [-0.15, -0.1) is 0 Å². The van der Waals surface area contributed by atoms with Crippen LogP contribution in [0.15, 0.2) is 65.6 Å². The van der Waals surface area contributed by atoms with Gasteiger partial charge in [-0.3, -0.25) is 9.20 Å². The van der Waals surface area contributed by atoms with Crippen molar-refractivity contribution in [2.45, 2.75) is 13.5 Å². The Labute approximate surface area is 170 Å². The number of oxazole rings is 1. The Morgan fingerprint density at radius 2 is 2.10 bits per heavy atom. The number of imidazole rings is 1. The Morgan fingerprint density at radius 3 is 2.97 bits per heavy atom. The zero-order valence-corrected chi connectivity index (χ0v) is 16.0. The summed E-state index contributed by atoms with van der Waals surface area (Å²) in [4.78, 5) is 24.9. The van der Waals surface area contributed by atoms with Gasteiger partial charge in [0.2, 0.25) is 11.7 Å². The monoisotopic (exact) mass is 401 g/mol. The van der Waals surface area contributed by atoms with Crippen LogP contribution in [0.1, 0.15) is 21.5 Å². The van der Waals surface area contributed by atoms with Gasteiger partial charge in [-0.2, -0.15) is 0 Å². The molecule has 0 atom stereocenters. The molecule has 148 valence electrons. The molecule has 3 aromatic heterocycles. The average molecular weight is 401 g/mol. The number of amides is 1. The minimum atomic E-state index is -0.450. The van der Waals surface area contributed by atoms with Crippen LogP contribution in [0.3, 0.4) is 0 Å². The largest absolute Gasteiger partial charge is 0.436 e. The van der Waals surface area contributed by atoms with E-state index in [-0.39, 0.29) is 12.5 Å². The number of nitrogens with zero attached hydrogens (tertiary/aromatic N) is 4. The quantitative estimate of drug-likeness (QED) is 0.493. The fourth-order valence-corrected chi connectivity index (χ4v) is 3.19. The molecule has 0 saturated heterocycles. The third kappa shape index (κ3) is 3.28. The van der Waals surface area contributed by atoms with E-state index in [0.717, 1.165) is 11.1 Å². The summed E-state index contributed by atoms with van der Waals surface area (Å²) in [5.41, 5.74) is 3.69. The van der Waals surface area contributed by atoms with Crippen LogP contribution in [-0.4, -0.2) is 25.3 Å². The topological polar surface area (TPSA) is 85.3 Å². The Hall–Kier alpha value is -4.07. The van der Waals surface area contributed by atoms with Crippen LogP contribution < -0.4 is 5.32 Å². The molecular weight excluding hydrogens is 385 g/mol. The Morgan fingerprint density at radius 1 is 1.20 bits per heavy atom. The highest BCUT2D eigenvalue weighted by Gasteiger charge is 2.13. The van der Waals surface area contributed by atoms with Crippen molar-refractivity contribution < 1.29 is 13.6 Å². The number of carbonyl (C=O) groups excluding carboxylic acids is 1. The molecule has 5 aromatic rings. The van der Waals surface area contributed by atoms with E-state index in [2.05, 4.69) is 20.3 Å². The van der Waals surface area contributed by atoms with Gasteiger partial charge in [-0.05, 0) is 36.8 Å². The fourth-order valence-electron chi connectivity index (χ4n) is 3.19. The van der Waals surface area contributed by atoms with Crippen molar-refractivity contribution in [3.8, 4) is 11.5 Å². The number of hydrogen-bond donors (Lipinski definition) is 1. The summed E-state index contributed by atoms with van der Waals surface area (Å²) in [5.74, 6) is 0.0534. The van der Waals surface area contributed by atoms with Crippen LogP contribution in [-0.2, 0) is 6.54 Å². The first kappa shape index (κ1) is 18.0. The van der Waals surface area contributed by atoms with E-state index in [1.54, 1.807) is 35.1 Å². The van der Waals surface area contributed by atoms with Crippen molar-refractivity contribution in [1.82, 2.24) is 24.7 Å². The van der Waals surface area contributed by atoms with E-state index < -0.39 is 5.82 Å². The van der Waals surface area contributed by atoms with Gasteiger partial charge in [0.25, 0.3) is 5.91 Å². The predicted molar refractivity (Wildman–Crippen MR) is 108 cm³/mol. The molecule has 0 saturated carbocycles. The van der Waals surface area contributed by atoms with Gasteiger partial charge in [0, 0.05) is 42.5 Å². The van der Waals surface area contributed by atoms with Gasteiger partial charge in [0.1, 0.15) is 11.3 Å². The van der Waals surface area contributed by atoms with E-state index in [1.165, 1.54) is 12.3 Å². The number of carbonyl (C=O) groups is 1. The molecular formula is C22H16FN5O2. The zero-order valence-electron chi connectivity index (χ0n) is 16.0. The molecule has 0 fully saturated rings. The van der Waals surface area contributed by atoms with Crippen molar-refractivity contribution in [1.29, 1.82) is 0 Å². The lowest BCUT2D eigenvalue weighted by molar-refractivity contribution is 0.0950. The summed E-state index contributed by atoms with van der Waals surface area (Å²) in [6.07, 6.45) is 6.36. The van der Waals surface area contributed by atoms with Gasteiger partial charge in [-0.25, -0.2) is 19.3 Å². The summed E-state index contributed by atoms with van der Waals surface area (Å²) in [6, 6.07) is 10.4. The summed E-state index contributed by atoms with van der Waals surface area (Å²) in [7, 11) is 0. The van der Waals surface area contributed by atoms with Crippen molar-refractivity contribution >= 4 is 22.8 Å². The Kier molecular flexibility index (Phi) is 4.24. The number of nitrogens with one attached hydrogen (secondary N) is 1. The molecule has 0 bridgehead atoms. The van der Waals surface area contributed by atoms with E-state index in [0.29, 0.717) is 33.9 Å². The number of aryl methyl sites for hydroxylation is 1. The van der Waals surface area contributed by atoms with Gasteiger partial charge < -0.3 is 9.73 Å². The van der Waals surface area contributed by atoms with Crippen molar-refractivity contribution in [3.05, 3.63) is 83.7 Å². The number of rotatable bonds is 4. The molecule has 0 unspecified atom stereocenters. The lowest BCUT2D eigenvalue weighted by atomic mass is 10.1. The molecule has 3 heterocycles. The van der Waals surface area contributed by atoms with Crippen LogP contribution in [0, 0.1) is 12.7 Å². The molecule has 5 rings (SSSR count). The highest BCUT2D eigenvalue weighted by molar-refractivity contribution is 5.93. The minimum Gasteiger partial charge on any atom is -0.436 e. The Balaban J connectivity index is 1.33. The van der Waals surface area contributed by atoms with Crippen LogP contribution in [0.25, 0.3) is 28.3 Å². The maximum absolute atomic E-state index is 14.6. The van der Waals surface area contributed by atoms with Crippen molar-refractivity contribution in [2.24, 2.45) is 0 Å². The molecule has 0 aliphatic heterocycles. The smallest absolute Gasteiger partial charge is 0.254 e. The molecule has 8 heteroatoms. The number of hydrogen-bond acceptors (Lipinski definition) is 5. The van der Waals surface area contributed by atoms with E-state index in [9.17, 15) is 9.18 Å². The average Bonchev–Trinajstić information content (AvgIpc) is 3.38. The maximum Gasteiger partial charge on any atom is 0.254 e. The SMILES string of the molecule is Cc1ccc2nc(-c3ccc(CNC(=O)c4cnc5nccn5c4)c(F)c3)oc2c1. The molecule has 0 aliphatic rings. The first-order chi connectivity index (χ1) is 14.6. The van der Waals surface area contributed by atoms with Crippen LogP contribution in [0.5, 0.6) is 0 Å². The van der Waals surface area contributed by atoms with Crippen LogP contribution >= 0.6 is 0 Å².